The number of piperidine rings is 1. The van der Waals surface area contributed by atoms with Gasteiger partial charge in [0.1, 0.15) is 11.6 Å². The zero-order valence-electron chi connectivity index (χ0n) is 16.8. The highest BCUT2D eigenvalue weighted by Gasteiger charge is 2.29. The minimum atomic E-state index is 0.0963. The quantitative estimate of drug-likeness (QED) is 0.703. The Hall–Kier alpha value is -3.08. The van der Waals surface area contributed by atoms with Crippen LogP contribution in [0.4, 0.5) is 0 Å². The number of phenolic OH excluding ortho intramolecular Hbond substituents is 1. The number of amides is 1. The molecule has 3 aromatic rings. The minimum Gasteiger partial charge on any atom is -0.508 e. The maximum atomic E-state index is 13.5. The smallest absolute Gasteiger partial charge is 0.254 e. The molecule has 1 aliphatic heterocycles. The van der Waals surface area contributed by atoms with Gasteiger partial charge in [0.2, 0.25) is 0 Å². The van der Waals surface area contributed by atoms with Crippen molar-refractivity contribution >= 4 is 5.91 Å². The molecule has 0 saturated carbocycles. The molecular formula is C24H27N3O2. The Labute approximate surface area is 171 Å². The van der Waals surface area contributed by atoms with E-state index in [0.717, 1.165) is 55.6 Å². The second-order valence-electron chi connectivity index (χ2n) is 7.76. The number of carbonyl (C=O) groups excluding carboxylic acids is 1. The van der Waals surface area contributed by atoms with E-state index < -0.39 is 0 Å². The Morgan fingerprint density at radius 3 is 2.69 bits per heavy atom. The Morgan fingerprint density at radius 1 is 1.14 bits per heavy atom. The fraction of sp³-hybridized carbons (Fsp3) is 0.333. The number of hydrogen-bond acceptors (Lipinski definition) is 3. The molecule has 0 unspecified atom stereocenters. The summed E-state index contributed by atoms with van der Waals surface area (Å²) < 4.78 is 1.95. The molecule has 4 rings (SSSR count). The maximum Gasteiger partial charge on any atom is 0.254 e. The van der Waals surface area contributed by atoms with Crippen molar-refractivity contribution in [2.24, 2.45) is 7.05 Å². The lowest BCUT2D eigenvalue weighted by atomic mass is 9.94. The number of carbonyl (C=O) groups is 1. The summed E-state index contributed by atoms with van der Waals surface area (Å²) in [6.45, 7) is 0.800. The largest absolute Gasteiger partial charge is 0.508 e. The van der Waals surface area contributed by atoms with E-state index in [1.165, 1.54) is 5.56 Å². The summed E-state index contributed by atoms with van der Waals surface area (Å²) in [5, 5.41) is 9.48. The van der Waals surface area contributed by atoms with Gasteiger partial charge in [-0.15, -0.1) is 0 Å². The number of benzene rings is 2. The number of nitrogens with zero attached hydrogens (tertiary/aromatic N) is 3. The molecule has 1 saturated heterocycles. The molecule has 1 atom stereocenters. The monoisotopic (exact) mass is 389 g/mol. The van der Waals surface area contributed by atoms with Crippen LogP contribution in [-0.2, 0) is 13.5 Å². The molecule has 1 aromatic heterocycles. The van der Waals surface area contributed by atoms with Gasteiger partial charge in [-0.05, 0) is 55.9 Å². The van der Waals surface area contributed by atoms with Gasteiger partial charge in [-0.3, -0.25) is 4.79 Å². The molecule has 0 aliphatic carbocycles. The second-order valence-corrected chi connectivity index (χ2v) is 7.76. The van der Waals surface area contributed by atoms with Crippen LogP contribution in [0.15, 0.2) is 60.9 Å². The Morgan fingerprint density at radius 2 is 1.93 bits per heavy atom. The van der Waals surface area contributed by atoms with Gasteiger partial charge in [0.25, 0.3) is 5.91 Å². The van der Waals surface area contributed by atoms with Gasteiger partial charge in [0, 0.05) is 37.6 Å². The molecule has 29 heavy (non-hydrogen) atoms. The Balaban J connectivity index is 1.55. The van der Waals surface area contributed by atoms with Crippen molar-refractivity contribution in [3.8, 4) is 17.1 Å². The summed E-state index contributed by atoms with van der Waals surface area (Å²) in [4.78, 5) is 20.1. The van der Waals surface area contributed by atoms with Crippen LogP contribution in [0.2, 0.25) is 0 Å². The van der Waals surface area contributed by atoms with E-state index in [0.29, 0.717) is 0 Å². The average molecular weight is 389 g/mol. The van der Waals surface area contributed by atoms with Gasteiger partial charge in [0.15, 0.2) is 0 Å². The van der Waals surface area contributed by atoms with Crippen molar-refractivity contribution in [3.05, 3.63) is 72.1 Å². The third-order valence-electron chi connectivity index (χ3n) is 5.81. The van der Waals surface area contributed by atoms with Crippen LogP contribution in [0.5, 0.6) is 5.75 Å². The number of rotatable bonds is 5. The molecule has 0 spiro atoms. The summed E-state index contributed by atoms with van der Waals surface area (Å²) in [6.07, 6.45) is 8.73. The first-order valence-corrected chi connectivity index (χ1v) is 10.3. The highest BCUT2D eigenvalue weighted by molar-refractivity contribution is 6.00. The summed E-state index contributed by atoms with van der Waals surface area (Å²) in [5.74, 6) is 1.19. The molecule has 150 valence electrons. The van der Waals surface area contributed by atoms with Crippen LogP contribution in [0.25, 0.3) is 11.4 Å². The summed E-state index contributed by atoms with van der Waals surface area (Å²) >= 11 is 0. The van der Waals surface area contributed by atoms with Gasteiger partial charge in [-0.1, -0.05) is 30.3 Å². The zero-order chi connectivity index (χ0) is 20.2. The molecule has 5 heteroatoms. The van der Waals surface area contributed by atoms with Crippen LogP contribution >= 0.6 is 0 Å². The first-order valence-electron chi connectivity index (χ1n) is 10.3. The molecular weight excluding hydrogens is 362 g/mol. The van der Waals surface area contributed by atoms with Gasteiger partial charge >= 0.3 is 0 Å². The number of likely N-dealkylation sites (tertiary alicyclic amines) is 1. The lowest BCUT2D eigenvalue weighted by molar-refractivity contribution is 0.0602. The average Bonchev–Trinajstić information content (AvgIpc) is 3.19. The fourth-order valence-corrected chi connectivity index (χ4v) is 4.21. The lowest BCUT2D eigenvalue weighted by Crippen LogP contribution is -2.44. The van der Waals surface area contributed by atoms with Crippen molar-refractivity contribution in [2.75, 3.05) is 6.54 Å². The Kier molecular flexibility index (Phi) is 5.65. The molecule has 2 aromatic carbocycles. The first-order chi connectivity index (χ1) is 14.1. The van der Waals surface area contributed by atoms with Crippen molar-refractivity contribution < 1.29 is 9.90 Å². The molecule has 5 nitrogen and oxygen atoms in total. The molecule has 1 N–H and O–H groups in total. The first kappa shape index (κ1) is 19.2. The molecule has 2 heterocycles. The number of hydrogen-bond donors (Lipinski definition) is 1. The van der Waals surface area contributed by atoms with Gasteiger partial charge in [-0.25, -0.2) is 4.98 Å². The molecule has 0 radical (unpaired) electrons. The topological polar surface area (TPSA) is 58.4 Å². The second kappa shape index (κ2) is 8.52. The van der Waals surface area contributed by atoms with E-state index in [9.17, 15) is 9.90 Å². The van der Waals surface area contributed by atoms with E-state index in [-0.39, 0.29) is 17.7 Å². The van der Waals surface area contributed by atoms with E-state index >= 15 is 0 Å². The highest BCUT2D eigenvalue weighted by atomic mass is 16.3. The fourth-order valence-electron chi connectivity index (χ4n) is 4.21. The number of phenols is 1. The zero-order valence-corrected chi connectivity index (χ0v) is 16.8. The number of aromatic nitrogens is 2. The van der Waals surface area contributed by atoms with E-state index in [1.807, 2.05) is 54.2 Å². The third kappa shape index (κ3) is 4.19. The van der Waals surface area contributed by atoms with E-state index in [2.05, 4.69) is 9.88 Å². The van der Waals surface area contributed by atoms with Crippen LogP contribution in [0, 0.1) is 0 Å². The van der Waals surface area contributed by atoms with Crippen LogP contribution in [0.1, 0.15) is 41.6 Å². The summed E-state index contributed by atoms with van der Waals surface area (Å²) in [6, 6.07) is 15.4. The maximum absolute atomic E-state index is 13.5. The molecule has 1 amide bonds. The van der Waals surface area contributed by atoms with Crippen molar-refractivity contribution in [1.29, 1.82) is 0 Å². The van der Waals surface area contributed by atoms with Gasteiger partial charge in [0.05, 0.1) is 5.56 Å². The van der Waals surface area contributed by atoms with Crippen LogP contribution in [0.3, 0.4) is 0 Å². The van der Waals surface area contributed by atoms with Crippen LogP contribution < -0.4 is 0 Å². The highest BCUT2D eigenvalue weighted by Crippen LogP contribution is 2.28. The standard InChI is InChI=1S/C24H27N3O2/c1-26-17-15-25-23(26)21-7-2-3-8-22(21)24(29)27-16-5-4-6-19(27)12-9-18-10-13-20(28)14-11-18/h2-3,7-8,10-11,13-15,17,19,28H,4-6,9,12,16H2,1H3/t19-/m0/s1. The molecule has 1 fully saturated rings. The van der Waals surface area contributed by atoms with Crippen molar-refractivity contribution in [2.45, 2.75) is 38.1 Å². The van der Waals surface area contributed by atoms with E-state index in [4.69, 9.17) is 0 Å². The minimum absolute atomic E-state index is 0.0963. The summed E-state index contributed by atoms with van der Waals surface area (Å²) in [5.41, 5.74) is 2.79. The number of aromatic hydroxyl groups is 1. The Bertz CT molecular complexity index is 978. The predicted molar refractivity (Wildman–Crippen MR) is 114 cm³/mol. The normalized spacial score (nSPS) is 16.7. The van der Waals surface area contributed by atoms with Crippen LogP contribution in [-0.4, -0.2) is 38.1 Å². The molecule has 1 aliphatic rings. The van der Waals surface area contributed by atoms with Crippen molar-refractivity contribution in [3.63, 3.8) is 0 Å². The van der Waals surface area contributed by atoms with E-state index in [1.54, 1.807) is 18.3 Å². The predicted octanol–water partition coefficient (Wildman–Crippen LogP) is 4.42. The van der Waals surface area contributed by atoms with Gasteiger partial charge < -0.3 is 14.6 Å². The van der Waals surface area contributed by atoms with Gasteiger partial charge in [-0.2, -0.15) is 0 Å². The summed E-state index contributed by atoms with van der Waals surface area (Å²) in [7, 11) is 1.95. The number of imidazole rings is 1. The SMILES string of the molecule is Cn1ccnc1-c1ccccc1C(=O)N1CCCC[C@H]1CCc1ccc(O)cc1. The molecule has 0 bridgehead atoms. The third-order valence-corrected chi connectivity index (χ3v) is 5.81. The van der Waals surface area contributed by atoms with Crippen molar-refractivity contribution in [1.82, 2.24) is 14.5 Å². The number of aryl methyl sites for hydroxylation is 2. The lowest BCUT2D eigenvalue weighted by Gasteiger charge is -2.36.